The van der Waals surface area contributed by atoms with Gasteiger partial charge in [0.1, 0.15) is 0 Å². The van der Waals surface area contributed by atoms with Crippen molar-refractivity contribution in [1.82, 2.24) is 20.4 Å². The standard InChI is InChI=1S/C18H22N4O3/c23-15-7-14(21-18(25)13-8-19-20-9-13)17(24)16(15)22-6-5-11-3-1-2-4-12(11)10-22/h1-4,8-9,14-17,23-24H,5-7,10H2,(H,19,20)(H,21,25)/t14-,15+,16-,17-/m1/s1. The smallest absolute Gasteiger partial charge is 0.254 e. The topological polar surface area (TPSA) is 101 Å². The molecule has 132 valence electrons. The lowest BCUT2D eigenvalue weighted by Gasteiger charge is -2.37. The molecule has 4 rings (SSSR count). The summed E-state index contributed by atoms with van der Waals surface area (Å²) >= 11 is 0. The predicted octanol–water partition coefficient (Wildman–Crippen LogP) is 0.0605. The first-order valence-electron chi connectivity index (χ1n) is 8.60. The number of nitrogens with one attached hydrogen (secondary N) is 2. The summed E-state index contributed by atoms with van der Waals surface area (Å²) in [5.41, 5.74) is 2.97. The van der Waals surface area contributed by atoms with E-state index in [0.29, 0.717) is 18.5 Å². The Kier molecular flexibility index (Phi) is 4.29. The minimum Gasteiger partial charge on any atom is -0.391 e. The molecule has 0 spiro atoms. The highest BCUT2D eigenvalue weighted by molar-refractivity contribution is 5.93. The molecular weight excluding hydrogens is 320 g/mol. The Morgan fingerprint density at radius 3 is 2.84 bits per heavy atom. The maximum Gasteiger partial charge on any atom is 0.254 e. The van der Waals surface area contributed by atoms with Crippen LogP contribution in [-0.2, 0) is 13.0 Å². The second-order valence-corrected chi connectivity index (χ2v) is 6.84. The van der Waals surface area contributed by atoms with E-state index in [2.05, 4.69) is 32.5 Å². The number of aromatic amines is 1. The number of aliphatic hydroxyl groups excluding tert-OH is 2. The third-order valence-corrected chi connectivity index (χ3v) is 5.31. The number of amides is 1. The van der Waals surface area contributed by atoms with Crippen LogP contribution in [0, 0.1) is 0 Å². The number of carbonyl (C=O) groups excluding carboxylic acids is 1. The van der Waals surface area contributed by atoms with E-state index in [1.54, 1.807) is 0 Å². The lowest BCUT2D eigenvalue weighted by molar-refractivity contribution is 0.00128. The van der Waals surface area contributed by atoms with Gasteiger partial charge < -0.3 is 15.5 Å². The largest absolute Gasteiger partial charge is 0.391 e. The van der Waals surface area contributed by atoms with E-state index in [4.69, 9.17) is 0 Å². The van der Waals surface area contributed by atoms with Gasteiger partial charge in [-0.05, 0) is 24.0 Å². The van der Waals surface area contributed by atoms with Crippen LogP contribution in [0.2, 0.25) is 0 Å². The fourth-order valence-electron chi connectivity index (χ4n) is 4.01. The van der Waals surface area contributed by atoms with Crippen molar-refractivity contribution in [3.8, 4) is 0 Å². The second-order valence-electron chi connectivity index (χ2n) is 6.84. The minimum atomic E-state index is -0.809. The molecule has 1 aliphatic heterocycles. The maximum absolute atomic E-state index is 12.2. The quantitative estimate of drug-likeness (QED) is 0.632. The van der Waals surface area contributed by atoms with Gasteiger partial charge in [0.05, 0.1) is 36.1 Å². The van der Waals surface area contributed by atoms with E-state index >= 15 is 0 Å². The molecule has 1 amide bonds. The van der Waals surface area contributed by atoms with Crippen molar-refractivity contribution in [2.24, 2.45) is 0 Å². The zero-order chi connectivity index (χ0) is 17.4. The molecule has 0 bridgehead atoms. The molecular formula is C18H22N4O3. The summed E-state index contributed by atoms with van der Waals surface area (Å²) in [7, 11) is 0. The normalized spacial score (nSPS) is 29.4. The van der Waals surface area contributed by atoms with E-state index in [9.17, 15) is 15.0 Å². The molecule has 7 nitrogen and oxygen atoms in total. The second kappa shape index (κ2) is 6.59. The summed E-state index contributed by atoms with van der Waals surface area (Å²) in [6.07, 6.45) is 2.70. The molecule has 1 aromatic heterocycles. The zero-order valence-electron chi connectivity index (χ0n) is 13.8. The highest BCUT2D eigenvalue weighted by atomic mass is 16.3. The molecule has 2 heterocycles. The fraction of sp³-hybridized carbons (Fsp3) is 0.444. The molecule has 1 fully saturated rings. The van der Waals surface area contributed by atoms with E-state index in [0.717, 1.165) is 13.0 Å². The lowest BCUT2D eigenvalue weighted by atomic mass is 9.97. The molecule has 0 radical (unpaired) electrons. The van der Waals surface area contributed by atoms with Gasteiger partial charge in [-0.2, -0.15) is 5.10 Å². The molecule has 2 aliphatic rings. The van der Waals surface area contributed by atoms with Gasteiger partial charge >= 0.3 is 0 Å². The van der Waals surface area contributed by atoms with Crippen LogP contribution in [0.25, 0.3) is 0 Å². The van der Waals surface area contributed by atoms with Gasteiger partial charge in [-0.15, -0.1) is 0 Å². The lowest BCUT2D eigenvalue weighted by Crippen LogP contribution is -2.51. The fourth-order valence-corrected chi connectivity index (χ4v) is 4.01. The number of fused-ring (bicyclic) bond motifs is 1. The number of carbonyl (C=O) groups is 1. The molecule has 4 atom stereocenters. The van der Waals surface area contributed by atoms with Gasteiger partial charge in [0.15, 0.2) is 0 Å². The molecule has 1 aliphatic carbocycles. The summed E-state index contributed by atoms with van der Waals surface area (Å²) in [4.78, 5) is 14.3. The number of aromatic nitrogens is 2. The third-order valence-electron chi connectivity index (χ3n) is 5.31. The summed E-state index contributed by atoms with van der Waals surface area (Å²) in [5, 5.41) is 30.4. The summed E-state index contributed by atoms with van der Waals surface area (Å²) < 4.78 is 0. The van der Waals surface area contributed by atoms with Crippen LogP contribution >= 0.6 is 0 Å². The van der Waals surface area contributed by atoms with Crippen LogP contribution in [-0.4, -0.2) is 62.1 Å². The highest BCUT2D eigenvalue weighted by Gasteiger charge is 2.45. The predicted molar refractivity (Wildman–Crippen MR) is 90.8 cm³/mol. The van der Waals surface area contributed by atoms with Crippen molar-refractivity contribution in [3.05, 3.63) is 53.3 Å². The van der Waals surface area contributed by atoms with Crippen molar-refractivity contribution in [3.63, 3.8) is 0 Å². The molecule has 25 heavy (non-hydrogen) atoms. The SMILES string of the molecule is O=C(N[C@@H]1C[C@H](O)[C@@H](N2CCc3ccccc3C2)[C@@H]1O)c1cn[nH]c1. The molecule has 7 heteroatoms. The highest BCUT2D eigenvalue weighted by Crippen LogP contribution is 2.30. The Labute approximate surface area is 145 Å². The van der Waals surface area contributed by atoms with Gasteiger partial charge in [-0.25, -0.2) is 0 Å². The van der Waals surface area contributed by atoms with Crippen LogP contribution < -0.4 is 5.32 Å². The average molecular weight is 342 g/mol. The maximum atomic E-state index is 12.2. The summed E-state index contributed by atoms with van der Waals surface area (Å²) in [6, 6.07) is 7.42. The molecule has 1 aromatic carbocycles. The Bertz CT molecular complexity index is 749. The van der Waals surface area contributed by atoms with E-state index in [1.807, 2.05) is 12.1 Å². The Morgan fingerprint density at radius 2 is 2.08 bits per heavy atom. The van der Waals surface area contributed by atoms with Crippen LogP contribution in [0.1, 0.15) is 27.9 Å². The molecule has 2 aromatic rings. The van der Waals surface area contributed by atoms with E-state index in [1.165, 1.54) is 23.5 Å². The number of rotatable bonds is 3. The monoisotopic (exact) mass is 342 g/mol. The first-order chi connectivity index (χ1) is 12.1. The first-order valence-corrected chi connectivity index (χ1v) is 8.60. The first kappa shape index (κ1) is 16.3. The van der Waals surface area contributed by atoms with Gasteiger partial charge in [0.25, 0.3) is 5.91 Å². The van der Waals surface area contributed by atoms with E-state index < -0.39 is 18.2 Å². The zero-order valence-corrected chi connectivity index (χ0v) is 13.8. The number of hydrogen-bond acceptors (Lipinski definition) is 5. The van der Waals surface area contributed by atoms with Crippen LogP contribution in [0.15, 0.2) is 36.7 Å². The van der Waals surface area contributed by atoms with Gasteiger partial charge in [-0.3, -0.25) is 14.8 Å². The molecule has 0 saturated heterocycles. The Balaban J connectivity index is 1.45. The van der Waals surface area contributed by atoms with Gasteiger partial charge in [-0.1, -0.05) is 24.3 Å². The number of aliphatic hydroxyl groups is 2. The van der Waals surface area contributed by atoms with Crippen LogP contribution in [0.5, 0.6) is 0 Å². The molecule has 1 saturated carbocycles. The van der Waals surface area contributed by atoms with Crippen molar-refractivity contribution in [2.75, 3.05) is 6.54 Å². The molecule has 0 unspecified atom stereocenters. The van der Waals surface area contributed by atoms with Crippen molar-refractivity contribution < 1.29 is 15.0 Å². The molecule has 4 N–H and O–H groups in total. The summed E-state index contributed by atoms with van der Waals surface area (Å²) in [5.74, 6) is -0.297. The Morgan fingerprint density at radius 1 is 1.28 bits per heavy atom. The van der Waals surface area contributed by atoms with Crippen LogP contribution in [0.4, 0.5) is 0 Å². The minimum absolute atomic E-state index is 0.297. The van der Waals surface area contributed by atoms with Crippen molar-refractivity contribution >= 4 is 5.91 Å². The number of benzene rings is 1. The van der Waals surface area contributed by atoms with E-state index in [-0.39, 0.29) is 11.9 Å². The van der Waals surface area contributed by atoms with Crippen molar-refractivity contribution in [2.45, 2.75) is 43.7 Å². The van der Waals surface area contributed by atoms with Crippen molar-refractivity contribution in [1.29, 1.82) is 0 Å². The summed E-state index contributed by atoms with van der Waals surface area (Å²) in [6.45, 7) is 1.50. The third kappa shape index (κ3) is 3.06. The average Bonchev–Trinajstić information content (AvgIpc) is 3.24. The number of hydrogen-bond donors (Lipinski definition) is 4. The van der Waals surface area contributed by atoms with Gasteiger partial charge in [0, 0.05) is 19.3 Å². The van der Waals surface area contributed by atoms with Gasteiger partial charge in [0.2, 0.25) is 0 Å². The number of H-pyrrole nitrogens is 1. The Hall–Kier alpha value is -2.22. The van der Waals surface area contributed by atoms with Crippen LogP contribution in [0.3, 0.4) is 0 Å². The number of nitrogens with zero attached hydrogens (tertiary/aromatic N) is 2.